The second-order valence-electron chi connectivity index (χ2n) is 0.431. The summed E-state index contributed by atoms with van der Waals surface area (Å²) in [5, 5.41) is 0. The Balaban J connectivity index is -0.0000000800. The van der Waals surface area contributed by atoms with Crippen LogP contribution in [-0.2, 0) is 59.9 Å². The van der Waals surface area contributed by atoms with Gasteiger partial charge in [0.05, 0.1) is 0 Å². The Bertz CT molecular complexity index is 59.1. The molecule has 0 saturated carbocycles. The molecule has 7 heavy (non-hydrogen) atoms. The van der Waals surface area contributed by atoms with Gasteiger partial charge in [0.15, 0.2) is 0 Å². The molecule has 7 heteroatoms. The average Bonchev–Trinajstić information content (AvgIpc) is 0.722. The maximum absolute atomic E-state index is 10.1. The van der Waals surface area contributed by atoms with Gasteiger partial charge in [-0.1, -0.05) is 0 Å². The van der Waals surface area contributed by atoms with Crippen LogP contribution in [0.15, 0.2) is 0 Å². The van der Waals surface area contributed by atoms with E-state index in [4.69, 9.17) is 14.4 Å². The van der Waals surface area contributed by atoms with Crippen LogP contribution in [0.5, 0.6) is 0 Å². The van der Waals surface area contributed by atoms with Gasteiger partial charge in [0.2, 0.25) is 0 Å². The van der Waals surface area contributed by atoms with E-state index in [0.29, 0.717) is 0 Å². The van der Waals surface area contributed by atoms with Crippen molar-refractivity contribution in [1.29, 1.82) is 0 Å². The normalized spacial score (nSPS) is 8.43. The summed E-state index contributed by atoms with van der Waals surface area (Å²) in [6, 6.07) is 0. The summed E-state index contributed by atoms with van der Waals surface area (Å²) in [5.74, 6) is 0. The zero-order valence-electron chi connectivity index (χ0n) is 3.46. The summed E-state index contributed by atoms with van der Waals surface area (Å²) in [7, 11) is -5.64. The molecule has 0 aliphatic heterocycles. The second-order valence-corrected chi connectivity index (χ2v) is 1.29. The van der Waals surface area contributed by atoms with E-state index in [1.165, 1.54) is 0 Å². The molecule has 2 radical (unpaired) electrons. The molecule has 0 rings (SSSR count). The summed E-state index contributed by atoms with van der Waals surface area (Å²) in [4.78, 5) is 16.9. The molecule has 0 atom stereocenters. The Morgan fingerprint density at radius 2 is 1.29 bits per heavy atom. The summed E-state index contributed by atoms with van der Waals surface area (Å²) < 4.78 is 18.6. The topological polar surface area (TPSA) is 63.2 Å². The van der Waals surface area contributed by atoms with Gasteiger partial charge in [-0.3, -0.25) is 0 Å². The molecule has 0 aliphatic carbocycles. The van der Waals surface area contributed by atoms with Crippen LogP contribution in [0.2, 0.25) is 0 Å². The van der Waals surface area contributed by atoms with Crippen LogP contribution in [0.1, 0.15) is 0 Å². The Morgan fingerprint density at radius 1 is 1.29 bits per heavy atom. The van der Waals surface area contributed by atoms with Crippen molar-refractivity contribution in [2.75, 3.05) is 0 Å². The van der Waals surface area contributed by atoms with Crippen molar-refractivity contribution < 1.29 is 73.9 Å². The molecule has 3 nitrogen and oxygen atoms in total. The van der Waals surface area contributed by atoms with E-state index >= 15 is 0 Å². The molecule has 0 fully saturated rings. The van der Waals surface area contributed by atoms with Gasteiger partial charge in [-0.25, -0.2) is 4.20 Å². The van der Waals surface area contributed by atoms with Crippen LogP contribution in [0.3, 0.4) is 0 Å². The molecule has 0 bridgehead atoms. The molecular formula is FHg2O3P. The van der Waals surface area contributed by atoms with E-state index in [1.54, 1.807) is 0 Å². The zero-order chi connectivity index (χ0) is 4.50. The minimum atomic E-state index is -5.64. The van der Waals surface area contributed by atoms with E-state index in [2.05, 4.69) is 0 Å². The van der Waals surface area contributed by atoms with E-state index in [0.717, 1.165) is 0 Å². The SMILES string of the molecule is O=P([O-])([O-])F.[Hg+].[Hg+]. The van der Waals surface area contributed by atoms with Crippen molar-refractivity contribution in [3.05, 3.63) is 0 Å². The molecule has 0 aromatic rings. The Hall–Kier alpha value is 1.95. The Morgan fingerprint density at radius 3 is 1.29 bits per heavy atom. The Labute approximate surface area is 81.0 Å². The fourth-order valence-electron chi connectivity index (χ4n) is 0. The van der Waals surface area contributed by atoms with E-state index in [9.17, 15) is 4.20 Å². The van der Waals surface area contributed by atoms with Crippen LogP contribution in [0, 0.1) is 0 Å². The largest absolute Gasteiger partial charge is 1.00 e. The van der Waals surface area contributed by atoms with Gasteiger partial charge in [-0.2, -0.15) is 0 Å². The van der Waals surface area contributed by atoms with Crippen LogP contribution >= 0.6 is 7.91 Å². The molecule has 0 aliphatic rings. The monoisotopic (exact) mass is 502 g/mol. The molecule has 34 valence electrons. The maximum atomic E-state index is 10.1. The van der Waals surface area contributed by atoms with Gasteiger partial charge in [0.25, 0.3) is 0 Å². The third-order valence-corrected chi connectivity index (χ3v) is 0. The first-order valence-electron chi connectivity index (χ1n) is 0.717. The summed E-state index contributed by atoms with van der Waals surface area (Å²) in [6.45, 7) is 0. The minimum Gasteiger partial charge on any atom is -0.786 e. The van der Waals surface area contributed by atoms with Crippen molar-refractivity contribution in [3.8, 4) is 0 Å². The molecule has 0 spiro atoms. The fourth-order valence-corrected chi connectivity index (χ4v) is 0. The first-order chi connectivity index (χ1) is 2.00. The molecular weight excluding hydrogens is 499 g/mol. The predicted octanol–water partition coefficient (Wildman–Crippen LogP) is -1.22. The van der Waals surface area contributed by atoms with Gasteiger partial charge in [0.1, 0.15) is 7.91 Å². The quantitative estimate of drug-likeness (QED) is 0.311. The third-order valence-electron chi connectivity index (χ3n) is 0. The van der Waals surface area contributed by atoms with Gasteiger partial charge >= 0.3 is 55.3 Å². The van der Waals surface area contributed by atoms with E-state index < -0.39 is 7.91 Å². The maximum Gasteiger partial charge on any atom is 1.00 e. The van der Waals surface area contributed by atoms with Crippen molar-refractivity contribution in [1.82, 2.24) is 0 Å². The third kappa shape index (κ3) is 74.0. The van der Waals surface area contributed by atoms with E-state index in [1.807, 2.05) is 0 Å². The van der Waals surface area contributed by atoms with Crippen molar-refractivity contribution in [2.24, 2.45) is 0 Å². The van der Waals surface area contributed by atoms with Crippen LogP contribution in [0.25, 0.3) is 0 Å². The van der Waals surface area contributed by atoms with Gasteiger partial charge in [-0.05, 0) is 0 Å². The number of hydrogen-bond acceptors (Lipinski definition) is 3. The summed E-state index contributed by atoms with van der Waals surface area (Å²) >= 11 is 0. The minimum absolute atomic E-state index is 0. The van der Waals surface area contributed by atoms with Gasteiger partial charge in [-0.15, -0.1) is 0 Å². The number of halogens is 1. The molecule has 0 unspecified atom stereocenters. The average molecular weight is 499 g/mol. The second kappa shape index (κ2) is 6.08. The smallest absolute Gasteiger partial charge is 0.786 e. The summed E-state index contributed by atoms with van der Waals surface area (Å²) in [6.07, 6.45) is 0. The predicted molar refractivity (Wildman–Crippen MR) is 8.71 cm³/mol. The molecule has 0 aromatic carbocycles. The molecule has 0 heterocycles. The standard InChI is InChI=1S/FH2O3P.2Hg/c1-5(2,3)4;;/h(H2,2,3,4);;/q;2*+1/p-2. The van der Waals surface area contributed by atoms with Crippen molar-refractivity contribution in [2.45, 2.75) is 0 Å². The zero-order valence-corrected chi connectivity index (χ0v) is 15.4. The van der Waals surface area contributed by atoms with Crippen molar-refractivity contribution in [3.63, 3.8) is 0 Å². The van der Waals surface area contributed by atoms with Crippen LogP contribution in [-0.4, -0.2) is 0 Å². The first kappa shape index (κ1) is 16.0. The molecule has 0 amide bonds. The fraction of sp³-hybridized carbons (Fsp3) is 0. The first-order valence-corrected chi connectivity index (χ1v) is 2.15. The number of rotatable bonds is 0. The van der Waals surface area contributed by atoms with Crippen molar-refractivity contribution >= 4 is 7.91 Å². The van der Waals surface area contributed by atoms with Gasteiger partial charge < -0.3 is 14.4 Å². The molecule has 0 saturated heterocycles. The molecule has 0 aromatic heterocycles. The Kier molecular flexibility index (Phi) is 13.9. The summed E-state index contributed by atoms with van der Waals surface area (Å²) in [5.41, 5.74) is 0. The number of hydrogen-bond donors (Lipinski definition) is 0. The van der Waals surface area contributed by atoms with Crippen LogP contribution < -0.4 is 9.79 Å². The molecule has 0 N–H and O–H groups in total. The van der Waals surface area contributed by atoms with Crippen LogP contribution in [0.4, 0.5) is 4.20 Å². The van der Waals surface area contributed by atoms with E-state index in [-0.39, 0.29) is 55.3 Å². The van der Waals surface area contributed by atoms with Gasteiger partial charge in [0, 0.05) is 0 Å².